The Morgan fingerprint density at radius 3 is 2.61 bits per heavy atom. The molecule has 2 aromatic rings. The highest BCUT2D eigenvalue weighted by atomic mass is 16.7. The van der Waals surface area contributed by atoms with Crippen molar-refractivity contribution in [3.8, 4) is 0 Å². The molecule has 0 saturated carbocycles. The molecule has 1 fully saturated rings. The molecular weight excluding hydrogens is 406 g/mol. The molecule has 3 N–H and O–H groups in total. The first-order valence-corrected chi connectivity index (χ1v) is 9.72. The van der Waals surface area contributed by atoms with E-state index in [0.29, 0.717) is 17.6 Å². The number of carbonyl (C=O) groups excluding carboxylic acids is 2. The van der Waals surface area contributed by atoms with E-state index in [9.17, 15) is 19.2 Å². The number of anilines is 1. The summed E-state index contributed by atoms with van der Waals surface area (Å²) in [5.74, 6) is -2.80. The summed E-state index contributed by atoms with van der Waals surface area (Å²) in [5, 5.41) is 12.0. The zero-order valence-corrected chi connectivity index (χ0v) is 17.7. The molecular formula is C21H25N3O7. The number of aromatic amines is 1. The third-order valence-corrected chi connectivity index (χ3v) is 5.29. The van der Waals surface area contributed by atoms with Gasteiger partial charge in [0.15, 0.2) is 5.79 Å². The number of H-pyrrole nitrogens is 1. The van der Waals surface area contributed by atoms with Crippen molar-refractivity contribution >= 4 is 34.4 Å². The van der Waals surface area contributed by atoms with E-state index in [0.717, 1.165) is 6.20 Å². The number of amides is 2. The molecule has 1 saturated heterocycles. The average Bonchev–Trinajstić information content (AvgIpc) is 3.11. The Balaban J connectivity index is 1.80. The number of aromatic nitrogens is 1. The average molecular weight is 431 g/mol. The first-order chi connectivity index (χ1) is 14.5. The molecule has 1 aliphatic heterocycles. The van der Waals surface area contributed by atoms with E-state index in [-0.39, 0.29) is 35.4 Å². The van der Waals surface area contributed by atoms with Crippen LogP contribution in [0.1, 0.15) is 37.6 Å². The van der Waals surface area contributed by atoms with Gasteiger partial charge in [0, 0.05) is 44.3 Å². The number of pyridine rings is 1. The van der Waals surface area contributed by atoms with Crippen LogP contribution in [0.5, 0.6) is 0 Å². The molecule has 2 amide bonds. The van der Waals surface area contributed by atoms with E-state index >= 15 is 0 Å². The quantitative estimate of drug-likeness (QED) is 0.590. The van der Waals surface area contributed by atoms with Crippen molar-refractivity contribution in [2.75, 3.05) is 19.0 Å². The van der Waals surface area contributed by atoms with Crippen molar-refractivity contribution < 1.29 is 29.0 Å². The highest BCUT2D eigenvalue weighted by molar-refractivity contribution is 5.99. The molecule has 0 bridgehead atoms. The van der Waals surface area contributed by atoms with Gasteiger partial charge in [0.2, 0.25) is 17.2 Å². The third kappa shape index (κ3) is 4.75. The predicted molar refractivity (Wildman–Crippen MR) is 112 cm³/mol. The van der Waals surface area contributed by atoms with Gasteiger partial charge in [0.05, 0.1) is 11.6 Å². The Morgan fingerprint density at radius 1 is 1.29 bits per heavy atom. The van der Waals surface area contributed by atoms with Crippen molar-refractivity contribution in [3.05, 3.63) is 40.2 Å². The molecule has 31 heavy (non-hydrogen) atoms. The lowest BCUT2D eigenvalue weighted by Crippen LogP contribution is -2.42. The topological polar surface area (TPSA) is 138 Å². The van der Waals surface area contributed by atoms with Crippen LogP contribution in [0.3, 0.4) is 0 Å². The zero-order chi connectivity index (χ0) is 22.9. The second-order valence-corrected chi connectivity index (χ2v) is 7.85. The number of carboxylic acid groups (broad SMARTS) is 1. The standard InChI is InChI=1S/C21H25N3O7/c1-11(25)24-10-13(31-21(2,3)30-4)8-17(24)19(27)23-12-5-6-14-16(7-12)22-9-15(18(14)26)20(28)29/h5-7,9,13,17H,8,10H2,1-4H3,(H,22,26)(H,23,27)(H,28,29). The summed E-state index contributed by atoms with van der Waals surface area (Å²) >= 11 is 0. The maximum atomic E-state index is 12.9. The van der Waals surface area contributed by atoms with Crippen molar-refractivity contribution in [2.45, 2.75) is 45.1 Å². The molecule has 10 heteroatoms. The van der Waals surface area contributed by atoms with E-state index in [4.69, 9.17) is 14.6 Å². The van der Waals surface area contributed by atoms with Crippen molar-refractivity contribution in [3.63, 3.8) is 0 Å². The van der Waals surface area contributed by atoms with Gasteiger partial charge in [0.1, 0.15) is 11.6 Å². The van der Waals surface area contributed by atoms with Crippen molar-refractivity contribution in [2.24, 2.45) is 0 Å². The number of hydrogen-bond acceptors (Lipinski definition) is 6. The van der Waals surface area contributed by atoms with E-state index in [1.54, 1.807) is 13.8 Å². The second kappa shape index (κ2) is 8.48. The molecule has 0 spiro atoms. The number of hydrogen-bond donors (Lipinski definition) is 3. The Labute approximate surface area is 178 Å². The minimum atomic E-state index is -1.32. The number of likely N-dealkylation sites (tertiary alicyclic amines) is 1. The Kier molecular flexibility index (Phi) is 6.14. The minimum Gasteiger partial charge on any atom is -0.477 e. The largest absolute Gasteiger partial charge is 0.477 e. The number of aromatic carboxylic acids is 1. The Morgan fingerprint density at radius 2 is 2.00 bits per heavy atom. The summed E-state index contributed by atoms with van der Waals surface area (Å²) < 4.78 is 11.1. The van der Waals surface area contributed by atoms with Gasteiger partial charge in [-0.05, 0) is 32.0 Å². The minimum absolute atomic E-state index is 0.194. The number of nitrogens with one attached hydrogen (secondary N) is 2. The summed E-state index contributed by atoms with van der Waals surface area (Å²) in [4.78, 5) is 52.6. The van der Waals surface area contributed by atoms with Gasteiger partial charge in [-0.1, -0.05) is 0 Å². The summed E-state index contributed by atoms with van der Waals surface area (Å²) in [6.07, 6.45) is 1.06. The van der Waals surface area contributed by atoms with Crippen LogP contribution in [0.25, 0.3) is 10.9 Å². The lowest BCUT2D eigenvalue weighted by atomic mass is 10.1. The Hall–Kier alpha value is -3.24. The van der Waals surface area contributed by atoms with Gasteiger partial charge in [-0.3, -0.25) is 14.4 Å². The molecule has 2 heterocycles. The summed E-state index contributed by atoms with van der Waals surface area (Å²) in [7, 11) is 1.52. The number of carbonyl (C=O) groups is 3. The summed E-state index contributed by atoms with van der Waals surface area (Å²) in [6.45, 7) is 5.17. The van der Waals surface area contributed by atoms with E-state index in [1.165, 1.54) is 37.1 Å². The number of rotatable bonds is 6. The maximum Gasteiger partial charge on any atom is 0.341 e. The Bertz CT molecular complexity index is 1090. The molecule has 1 aliphatic rings. The molecule has 1 aromatic carbocycles. The highest BCUT2D eigenvalue weighted by Gasteiger charge is 2.41. The molecule has 166 valence electrons. The lowest BCUT2D eigenvalue weighted by molar-refractivity contribution is -0.220. The number of methoxy groups -OCH3 is 1. The number of benzene rings is 1. The second-order valence-electron chi connectivity index (χ2n) is 7.85. The van der Waals surface area contributed by atoms with Gasteiger partial charge in [0.25, 0.3) is 0 Å². The van der Waals surface area contributed by atoms with Crippen molar-refractivity contribution in [1.29, 1.82) is 0 Å². The zero-order valence-electron chi connectivity index (χ0n) is 17.7. The van der Waals surface area contributed by atoms with Crippen LogP contribution >= 0.6 is 0 Å². The van der Waals surface area contributed by atoms with Gasteiger partial charge < -0.3 is 29.8 Å². The van der Waals surface area contributed by atoms with Gasteiger partial charge in [-0.25, -0.2) is 4.79 Å². The van der Waals surface area contributed by atoms with Crippen LogP contribution in [0, 0.1) is 0 Å². The van der Waals surface area contributed by atoms with Crippen LogP contribution in [0.4, 0.5) is 5.69 Å². The van der Waals surface area contributed by atoms with E-state index in [2.05, 4.69) is 10.3 Å². The van der Waals surface area contributed by atoms with Crippen LogP contribution in [0.2, 0.25) is 0 Å². The number of nitrogens with zero attached hydrogens (tertiary/aromatic N) is 1. The molecule has 1 aromatic heterocycles. The first-order valence-electron chi connectivity index (χ1n) is 9.72. The van der Waals surface area contributed by atoms with Crippen molar-refractivity contribution in [1.82, 2.24) is 9.88 Å². The van der Waals surface area contributed by atoms with E-state index < -0.39 is 23.2 Å². The van der Waals surface area contributed by atoms with E-state index in [1.807, 2.05) is 0 Å². The predicted octanol–water partition coefficient (Wildman–Crippen LogP) is 1.55. The number of fused-ring (bicyclic) bond motifs is 1. The number of carboxylic acids is 1. The SMILES string of the molecule is COC(C)(C)OC1CC(C(=O)Nc2ccc3c(=O)c(C(=O)O)c[nH]c3c2)N(C(C)=O)C1. The highest BCUT2D eigenvalue weighted by Crippen LogP contribution is 2.26. The fraction of sp³-hybridized carbons (Fsp3) is 0.429. The van der Waals surface area contributed by atoms with Crippen LogP contribution < -0.4 is 10.7 Å². The molecule has 2 atom stereocenters. The van der Waals surface area contributed by atoms with Crippen LogP contribution in [-0.2, 0) is 19.1 Å². The monoisotopic (exact) mass is 431 g/mol. The van der Waals surface area contributed by atoms with Crippen LogP contribution in [0.15, 0.2) is 29.2 Å². The lowest BCUT2D eigenvalue weighted by Gasteiger charge is -2.27. The summed E-state index contributed by atoms with van der Waals surface area (Å²) in [6, 6.07) is 3.77. The molecule has 0 aliphatic carbocycles. The van der Waals surface area contributed by atoms with Crippen LogP contribution in [-0.4, -0.2) is 64.4 Å². The molecule has 10 nitrogen and oxygen atoms in total. The van der Waals surface area contributed by atoms with Gasteiger partial charge in [-0.15, -0.1) is 0 Å². The fourth-order valence-corrected chi connectivity index (χ4v) is 3.61. The smallest absolute Gasteiger partial charge is 0.341 e. The fourth-order valence-electron chi connectivity index (χ4n) is 3.61. The third-order valence-electron chi connectivity index (χ3n) is 5.29. The molecule has 2 unspecified atom stereocenters. The normalized spacial score (nSPS) is 18.9. The van der Waals surface area contributed by atoms with Gasteiger partial charge in [-0.2, -0.15) is 0 Å². The maximum absolute atomic E-state index is 12.9. The molecule has 3 rings (SSSR count). The number of ether oxygens (including phenoxy) is 2. The molecule has 0 radical (unpaired) electrons. The summed E-state index contributed by atoms with van der Waals surface area (Å²) in [5.41, 5.74) is -0.192. The first kappa shape index (κ1) is 22.4. The van der Waals surface area contributed by atoms with Gasteiger partial charge >= 0.3 is 5.97 Å².